The standard InChI is InChI=1S/C8H15N/c1-3-8-4-7(2,5-8)9-6-8/h9H,3-6H2,1-2H3. The van der Waals surface area contributed by atoms with Gasteiger partial charge in [0.2, 0.25) is 0 Å². The number of fused-ring (bicyclic) bond motifs is 1. The first-order chi connectivity index (χ1) is 4.18. The first-order valence-corrected chi connectivity index (χ1v) is 3.93. The highest BCUT2D eigenvalue weighted by molar-refractivity contribution is 5.13. The molecular formula is C8H15N. The molecule has 2 aliphatic heterocycles. The maximum atomic E-state index is 3.56. The molecule has 0 spiro atoms. The summed E-state index contributed by atoms with van der Waals surface area (Å²) >= 11 is 0. The van der Waals surface area contributed by atoms with Gasteiger partial charge in [-0.1, -0.05) is 6.92 Å². The average Bonchev–Trinajstić information content (AvgIpc) is 2.20. The molecule has 0 radical (unpaired) electrons. The van der Waals surface area contributed by atoms with Crippen LogP contribution >= 0.6 is 0 Å². The lowest BCUT2D eigenvalue weighted by molar-refractivity contribution is 0.122. The molecule has 9 heavy (non-hydrogen) atoms. The summed E-state index contributed by atoms with van der Waals surface area (Å²) in [6, 6.07) is 0. The van der Waals surface area contributed by atoms with Crippen molar-refractivity contribution >= 4 is 0 Å². The van der Waals surface area contributed by atoms with Gasteiger partial charge in [0.05, 0.1) is 0 Å². The highest BCUT2D eigenvalue weighted by atomic mass is 15.1. The van der Waals surface area contributed by atoms with Crippen molar-refractivity contribution in [1.29, 1.82) is 0 Å². The van der Waals surface area contributed by atoms with Gasteiger partial charge in [0.1, 0.15) is 0 Å². The van der Waals surface area contributed by atoms with E-state index in [4.69, 9.17) is 0 Å². The molecule has 0 aromatic heterocycles. The monoisotopic (exact) mass is 125 g/mol. The molecule has 3 rings (SSSR count). The van der Waals surface area contributed by atoms with E-state index in [2.05, 4.69) is 19.2 Å². The minimum Gasteiger partial charge on any atom is -0.311 e. The second kappa shape index (κ2) is 1.34. The minimum absolute atomic E-state index is 0.552. The first-order valence-electron chi connectivity index (χ1n) is 3.93. The van der Waals surface area contributed by atoms with Crippen molar-refractivity contribution in [2.45, 2.75) is 38.6 Å². The molecule has 1 saturated carbocycles. The van der Waals surface area contributed by atoms with E-state index in [9.17, 15) is 0 Å². The second-order valence-corrected chi connectivity index (χ2v) is 4.12. The fourth-order valence-corrected chi connectivity index (χ4v) is 2.63. The Morgan fingerprint density at radius 2 is 2.11 bits per heavy atom. The molecule has 52 valence electrons. The van der Waals surface area contributed by atoms with Crippen LogP contribution in [0.5, 0.6) is 0 Å². The largest absolute Gasteiger partial charge is 0.311 e. The van der Waals surface area contributed by atoms with Gasteiger partial charge in [-0.25, -0.2) is 0 Å². The van der Waals surface area contributed by atoms with Crippen LogP contribution in [0, 0.1) is 5.41 Å². The quantitative estimate of drug-likeness (QED) is 0.560. The van der Waals surface area contributed by atoms with Crippen LogP contribution in [0.15, 0.2) is 0 Å². The Kier molecular flexibility index (Phi) is 0.852. The van der Waals surface area contributed by atoms with Crippen molar-refractivity contribution in [2.75, 3.05) is 6.54 Å². The predicted molar refractivity (Wildman–Crippen MR) is 38.4 cm³/mol. The van der Waals surface area contributed by atoms with Crippen molar-refractivity contribution < 1.29 is 0 Å². The Bertz CT molecular complexity index is 134. The SMILES string of the molecule is CCC12CNC(C)(C1)C2. The fraction of sp³-hybridized carbons (Fsp3) is 1.00. The topological polar surface area (TPSA) is 12.0 Å². The summed E-state index contributed by atoms with van der Waals surface area (Å²) in [5.74, 6) is 0. The van der Waals surface area contributed by atoms with E-state index in [0.717, 1.165) is 5.41 Å². The molecule has 3 aliphatic rings. The summed E-state index contributed by atoms with van der Waals surface area (Å²) in [5.41, 5.74) is 1.28. The van der Waals surface area contributed by atoms with Crippen molar-refractivity contribution in [3.05, 3.63) is 0 Å². The van der Waals surface area contributed by atoms with Gasteiger partial charge in [-0.2, -0.15) is 0 Å². The molecule has 2 bridgehead atoms. The van der Waals surface area contributed by atoms with Crippen molar-refractivity contribution in [3.63, 3.8) is 0 Å². The van der Waals surface area contributed by atoms with Crippen LogP contribution in [-0.4, -0.2) is 12.1 Å². The third-order valence-electron chi connectivity index (χ3n) is 3.17. The maximum absolute atomic E-state index is 3.56. The van der Waals surface area contributed by atoms with E-state index in [1.165, 1.54) is 25.8 Å². The molecule has 2 heterocycles. The molecular weight excluding hydrogens is 110 g/mol. The lowest BCUT2D eigenvalue weighted by atomic mass is 9.62. The number of rotatable bonds is 1. The normalized spacial score (nSPS) is 55.3. The van der Waals surface area contributed by atoms with Crippen LogP contribution in [0.25, 0.3) is 0 Å². The van der Waals surface area contributed by atoms with E-state index < -0.39 is 0 Å². The van der Waals surface area contributed by atoms with Gasteiger partial charge < -0.3 is 5.32 Å². The van der Waals surface area contributed by atoms with Crippen LogP contribution in [0.4, 0.5) is 0 Å². The molecule has 0 aromatic carbocycles. The molecule has 0 amide bonds. The van der Waals surface area contributed by atoms with E-state index in [0.29, 0.717) is 5.54 Å². The van der Waals surface area contributed by atoms with Gasteiger partial charge in [0.25, 0.3) is 0 Å². The predicted octanol–water partition coefficient (Wildman–Crippen LogP) is 1.54. The molecule has 1 aliphatic carbocycles. The zero-order chi connectivity index (χ0) is 6.54. The third-order valence-corrected chi connectivity index (χ3v) is 3.17. The van der Waals surface area contributed by atoms with Crippen LogP contribution in [-0.2, 0) is 0 Å². The molecule has 1 nitrogen and oxygen atoms in total. The molecule has 0 aromatic rings. The summed E-state index contributed by atoms with van der Waals surface area (Å²) < 4.78 is 0. The van der Waals surface area contributed by atoms with Gasteiger partial charge in [-0.15, -0.1) is 0 Å². The van der Waals surface area contributed by atoms with Crippen LogP contribution in [0.2, 0.25) is 0 Å². The van der Waals surface area contributed by atoms with Crippen molar-refractivity contribution in [3.8, 4) is 0 Å². The average molecular weight is 125 g/mol. The maximum Gasteiger partial charge on any atom is 0.0165 e. The van der Waals surface area contributed by atoms with E-state index in [1.54, 1.807) is 0 Å². The van der Waals surface area contributed by atoms with Crippen LogP contribution in [0.3, 0.4) is 0 Å². The van der Waals surface area contributed by atoms with E-state index >= 15 is 0 Å². The Labute approximate surface area is 56.8 Å². The summed E-state index contributed by atoms with van der Waals surface area (Å²) in [5, 5.41) is 3.56. The summed E-state index contributed by atoms with van der Waals surface area (Å²) in [6.45, 7) is 5.93. The summed E-state index contributed by atoms with van der Waals surface area (Å²) in [4.78, 5) is 0. The van der Waals surface area contributed by atoms with Gasteiger partial charge in [0.15, 0.2) is 0 Å². The van der Waals surface area contributed by atoms with Gasteiger partial charge >= 0.3 is 0 Å². The minimum atomic E-state index is 0.552. The smallest absolute Gasteiger partial charge is 0.0165 e. The number of hydrogen-bond donors (Lipinski definition) is 1. The fourth-order valence-electron chi connectivity index (χ4n) is 2.63. The lowest BCUT2D eigenvalue weighted by Crippen LogP contribution is -2.44. The summed E-state index contributed by atoms with van der Waals surface area (Å²) in [7, 11) is 0. The lowest BCUT2D eigenvalue weighted by Gasteiger charge is -2.43. The van der Waals surface area contributed by atoms with Gasteiger partial charge in [0, 0.05) is 12.1 Å². The van der Waals surface area contributed by atoms with Crippen LogP contribution < -0.4 is 5.32 Å². The zero-order valence-electron chi connectivity index (χ0n) is 6.33. The molecule has 0 atom stereocenters. The van der Waals surface area contributed by atoms with E-state index in [-0.39, 0.29) is 0 Å². The van der Waals surface area contributed by atoms with E-state index in [1.807, 2.05) is 0 Å². The molecule has 1 heteroatoms. The first kappa shape index (κ1) is 5.72. The number of hydrogen-bond acceptors (Lipinski definition) is 1. The van der Waals surface area contributed by atoms with Gasteiger partial charge in [-0.05, 0) is 31.6 Å². The Morgan fingerprint density at radius 3 is 2.33 bits per heavy atom. The Balaban J connectivity index is 2.12. The van der Waals surface area contributed by atoms with Crippen molar-refractivity contribution in [2.24, 2.45) is 5.41 Å². The molecule has 1 N–H and O–H groups in total. The third kappa shape index (κ3) is 0.586. The Morgan fingerprint density at radius 1 is 1.44 bits per heavy atom. The molecule has 0 unspecified atom stereocenters. The second-order valence-electron chi connectivity index (χ2n) is 4.12. The molecule has 2 saturated heterocycles. The molecule has 3 fully saturated rings. The zero-order valence-corrected chi connectivity index (χ0v) is 6.33. The summed E-state index contributed by atoms with van der Waals surface area (Å²) in [6.07, 6.45) is 4.22. The highest BCUT2D eigenvalue weighted by Crippen LogP contribution is 2.55. The highest BCUT2D eigenvalue weighted by Gasteiger charge is 2.56. The van der Waals surface area contributed by atoms with Gasteiger partial charge in [-0.3, -0.25) is 0 Å². The Hall–Kier alpha value is -0.0400. The van der Waals surface area contributed by atoms with Crippen molar-refractivity contribution in [1.82, 2.24) is 5.32 Å². The van der Waals surface area contributed by atoms with Crippen LogP contribution in [0.1, 0.15) is 33.1 Å². The number of nitrogens with one attached hydrogen (secondary N) is 1.